The zero-order valence-corrected chi connectivity index (χ0v) is 18.6. The maximum atomic E-state index is 13.4. The number of fused-ring (bicyclic) bond motifs is 1. The van der Waals surface area contributed by atoms with Crippen LogP contribution in [-0.4, -0.2) is 47.9 Å². The lowest BCUT2D eigenvalue weighted by molar-refractivity contribution is -0.135. The van der Waals surface area contributed by atoms with Crippen LogP contribution >= 0.6 is 11.3 Å². The van der Waals surface area contributed by atoms with Crippen LogP contribution in [0.4, 0.5) is 4.39 Å². The van der Waals surface area contributed by atoms with Gasteiger partial charge in [0.2, 0.25) is 5.91 Å². The van der Waals surface area contributed by atoms with Gasteiger partial charge in [-0.15, -0.1) is 11.3 Å². The number of benzene rings is 1. The molecule has 1 aliphatic heterocycles. The highest BCUT2D eigenvalue weighted by Crippen LogP contribution is 2.34. The summed E-state index contributed by atoms with van der Waals surface area (Å²) in [5, 5.41) is 2.02. The first kappa shape index (κ1) is 22.1. The van der Waals surface area contributed by atoms with Gasteiger partial charge in [0.1, 0.15) is 24.7 Å². The van der Waals surface area contributed by atoms with Gasteiger partial charge in [0.25, 0.3) is 5.91 Å². The summed E-state index contributed by atoms with van der Waals surface area (Å²) in [6.07, 6.45) is 2.95. The SMILES string of the molecule is CCCN(CC(=O)N1CCc2sccc2C1COc1ccc(F)cc1)C(=O)c1ccco1. The van der Waals surface area contributed by atoms with Gasteiger partial charge in [-0.1, -0.05) is 6.92 Å². The molecule has 3 heterocycles. The maximum Gasteiger partial charge on any atom is 0.290 e. The van der Waals surface area contributed by atoms with E-state index in [1.807, 2.05) is 18.4 Å². The lowest BCUT2D eigenvalue weighted by Gasteiger charge is -2.37. The van der Waals surface area contributed by atoms with Crippen LogP contribution in [0.15, 0.2) is 58.5 Å². The quantitative estimate of drug-likeness (QED) is 0.499. The van der Waals surface area contributed by atoms with Crippen molar-refractivity contribution in [2.24, 2.45) is 0 Å². The van der Waals surface area contributed by atoms with Crippen molar-refractivity contribution in [1.29, 1.82) is 0 Å². The topological polar surface area (TPSA) is 63.0 Å². The number of rotatable bonds is 8. The molecule has 0 spiro atoms. The van der Waals surface area contributed by atoms with E-state index in [1.54, 1.807) is 40.5 Å². The van der Waals surface area contributed by atoms with Crippen LogP contribution in [0.1, 0.15) is 40.4 Å². The van der Waals surface area contributed by atoms with Crippen LogP contribution in [0, 0.1) is 5.82 Å². The molecule has 0 aliphatic carbocycles. The Balaban J connectivity index is 1.50. The Morgan fingerprint density at radius 3 is 2.78 bits per heavy atom. The first-order valence-electron chi connectivity index (χ1n) is 10.6. The van der Waals surface area contributed by atoms with Crippen LogP contribution in [0.3, 0.4) is 0 Å². The molecule has 32 heavy (non-hydrogen) atoms. The van der Waals surface area contributed by atoms with Crippen LogP contribution < -0.4 is 4.74 Å². The van der Waals surface area contributed by atoms with Crippen molar-refractivity contribution in [3.05, 3.63) is 76.1 Å². The second-order valence-corrected chi connectivity index (χ2v) is 8.62. The first-order valence-corrected chi connectivity index (χ1v) is 11.5. The molecule has 0 fully saturated rings. The van der Waals surface area contributed by atoms with Gasteiger partial charge in [-0.2, -0.15) is 0 Å². The van der Waals surface area contributed by atoms with Crippen molar-refractivity contribution in [3.8, 4) is 5.75 Å². The summed E-state index contributed by atoms with van der Waals surface area (Å²) in [4.78, 5) is 30.7. The Hall–Kier alpha value is -3.13. The number of thiophene rings is 1. The number of nitrogens with zero attached hydrogens (tertiary/aromatic N) is 2. The Morgan fingerprint density at radius 1 is 1.25 bits per heavy atom. The summed E-state index contributed by atoms with van der Waals surface area (Å²) >= 11 is 1.67. The van der Waals surface area contributed by atoms with E-state index in [2.05, 4.69) is 0 Å². The Labute approximate surface area is 190 Å². The summed E-state index contributed by atoms with van der Waals surface area (Å²) < 4.78 is 24.4. The van der Waals surface area contributed by atoms with Gasteiger partial charge in [-0.05, 0) is 66.2 Å². The maximum absolute atomic E-state index is 13.4. The van der Waals surface area contributed by atoms with E-state index in [9.17, 15) is 14.0 Å². The molecule has 8 heteroatoms. The number of hydrogen-bond acceptors (Lipinski definition) is 5. The van der Waals surface area contributed by atoms with Crippen molar-refractivity contribution in [2.75, 3.05) is 26.2 Å². The first-order chi connectivity index (χ1) is 15.6. The highest BCUT2D eigenvalue weighted by molar-refractivity contribution is 7.10. The predicted molar refractivity (Wildman–Crippen MR) is 119 cm³/mol. The molecule has 0 bridgehead atoms. The van der Waals surface area contributed by atoms with Crippen molar-refractivity contribution >= 4 is 23.2 Å². The average molecular weight is 457 g/mol. The summed E-state index contributed by atoms with van der Waals surface area (Å²) in [7, 11) is 0. The molecule has 168 valence electrons. The highest BCUT2D eigenvalue weighted by atomic mass is 32.1. The lowest BCUT2D eigenvalue weighted by Crippen LogP contribution is -2.48. The minimum Gasteiger partial charge on any atom is -0.491 e. The Kier molecular flexibility index (Phi) is 6.90. The zero-order valence-electron chi connectivity index (χ0n) is 17.8. The van der Waals surface area contributed by atoms with Crippen LogP contribution in [0.2, 0.25) is 0 Å². The third-order valence-electron chi connectivity index (χ3n) is 5.48. The largest absolute Gasteiger partial charge is 0.491 e. The van der Waals surface area contributed by atoms with Crippen molar-refractivity contribution in [1.82, 2.24) is 9.80 Å². The van der Waals surface area contributed by atoms with E-state index in [-0.39, 0.29) is 42.6 Å². The molecule has 0 saturated carbocycles. The molecule has 4 rings (SSSR count). The summed E-state index contributed by atoms with van der Waals surface area (Å²) in [6.45, 7) is 3.20. The molecule has 2 aromatic heterocycles. The van der Waals surface area contributed by atoms with Gasteiger partial charge in [0.15, 0.2) is 5.76 Å². The average Bonchev–Trinajstić information content (AvgIpc) is 3.50. The van der Waals surface area contributed by atoms with Crippen LogP contribution in [-0.2, 0) is 11.2 Å². The molecule has 0 radical (unpaired) electrons. The minimum absolute atomic E-state index is 0.0279. The number of amides is 2. The fourth-order valence-electron chi connectivity index (χ4n) is 3.91. The fraction of sp³-hybridized carbons (Fsp3) is 0.333. The van der Waals surface area contributed by atoms with Crippen molar-refractivity contribution in [3.63, 3.8) is 0 Å². The number of furan rings is 1. The molecule has 1 atom stereocenters. The lowest BCUT2D eigenvalue weighted by atomic mass is 10.0. The molecular weight excluding hydrogens is 431 g/mol. The molecule has 1 aromatic carbocycles. The molecule has 1 unspecified atom stereocenters. The Bertz CT molecular complexity index is 1050. The number of hydrogen-bond donors (Lipinski definition) is 0. The van der Waals surface area contributed by atoms with Crippen LogP contribution in [0.5, 0.6) is 5.75 Å². The third-order valence-corrected chi connectivity index (χ3v) is 6.47. The second kappa shape index (κ2) is 9.99. The second-order valence-electron chi connectivity index (χ2n) is 7.62. The number of carbonyl (C=O) groups excluding carboxylic acids is 2. The molecule has 0 saturated heterocycles. The Morgan fingerprint density at radius 2 is 2.06 bits per heavy atom. The molecular formula is C24H25FN2O4S. The van der Waals surface area contributed by atoms with E-state index < -0.39 is 0 Å². The van der Waals surface area contributed by atoms with E-state index in [0.717, 1.165) is 18.4 Å². The minimum atomic E-state index is -0.329. The van der Waals surface area contributed by atoms with E-state index in [1.165, 1.54) is 28.2 Å². The van der Waals surface area contributed by atoms with Gasteiger partial charge in [-0.3, -0.25) is 9.59 Å². The van der Waals surface area contributed by atoms with Gasteiger partial charge in [0, 0.05) is 18.0 Å². The van der Waals surface area contributed by atoms with Crippen LogP contribution in [0.25, 0.3) is 0 Å². The standard InChI is InChI=1S/C24H25FN2O4S/c1-2-11-26(24(29)21-4-3-13-30-21)15-23(28)27-12-9-22-19(10-14-32-22)20(27)16-31-18-7-5-17(25)6-8-18/h3-8,10,13-14,20H,2,9,11-12,15-16H2,1H3. The molecule has 6 nitrogen and oxygen atoms in total. The molecule has 2 amide bonds. The van der Waals surface area contributed by atoms with Crippen molar-refractivity contribution < 1.29 is 23.1 Å². The molecule has 3 aromatic rings. The third kappa shape index (κ3) is 4.85. The van der Waals surface area contributed by atoms with E-state index in [0.29, 0.717) is 18.8 Å². The van der Waals surface area contributed by atoms with E-state index >= 15 is 0 Å². The monoisotopic (exact) mass is 456 g/mol. The van der Waals surface area contributed by atoms with E-state index in [4.69, 9.17) is 9.15 Å². The van der Waals surface area contributed by atoms with Gasteiger partial charge in [-0.25, -0.2) is 4.39 Å². The number of carbonyl (C=O) groups is 2. The van der Waals surface area contributed by atoms with Gasteiger partial charge in [0.05, 0.1) is 12.3 Å². The van der Waals surface area contributed by atoms with Gasteiger partial charge >= 0.3 is 0 Å². The molecule has 1 aliphatic rings. The number of halogens is 1. The normalized spacial score (nSPS) is 15.3. The predicted octanol–water partition coefficient (Wildman–Crippen LogP) is 4.54. The van der Waals surface area contributed by atoms with Gasteiger partial charge < -0.3 is 19.0 Å². The molecule has 0 N–H and O–H groups in total. The summed E-state index contributed by atoms with van der Waals surface area (Å²) in [5.41, 5.74) is 1.07. The summed E-state index contributed by atoms with van der Waals surface area (Å²) in [5.74, 6) is 0.00704. The van der Waals surface area contributed by atoms with Crippen molar-refractivity contribution in [2.45, 2.75) is 25.8 Å². The number of ether oxygens (including phenoxy) is 1. The fourth-order valence-corrected chi connectivity index (χ4v) is 4.84. The highest BCUT2D eigenvalue weighted by Gasteiger charge is 2.33. The zero-order chi connectivity index (χ0) is 22.5. The smallest absolute Gasteiger partial charge is 0.290 e. The summed E-state index contributed by atoms with van der Waals surface area (Å²) in [6, 6.07) is 10.8.